The molecule has 2 amide bonds. The van der Waals surface area contributed by atoms with Crippen molar-refractivity contribution in [1.29, 1.82) is 0 Å². The number of fused-ring (bicyclic) bond motifs is 1. The van der Waals surface area contributed by atoms with Gasteiger partial charge >= 0.3 is 0 Å². The zero-order valence-electron chi connectivity index (χ0n) is 21.0. The molecule has 0 aliphatic carbocycles. The lowest BCUT2D eigenvalue weighted by molar-refractivity contribution is -0.132. The quantitative estimate of drug-likeness (QED) is 0.671. The van der Waals surface area contributed by atoms with Crippen molar-refractivity contribution < 1.29 is 19.4 Å². The van der Waals surface area contributed by atoms with E-state index >= 15 is 0 Å². The van der Waals surface area contributed by atoms with Crippen LogP contribution >= 0.6 is 0 Å². The van der Waals surface area contributed by atoms with Gasteiger partial charge in [0, 0.05) is 31.3 Å². The van der Waals surface area contributed by atoms with Crippen LogP contribution in [0.25, 0.3) is 11.1 Å². The maximum atomic E-state index is 13.6. The molecule has 0 unspecified atom stereocenters. The summed E-state index contributed by atoms with van der Waals surface area (Å²) in [7, 11) is 5.47. The molecule has 8 nitrogen and oxygen atoms in total. The van der Waals surface area contributed by atoms with E-state index < -0.39 is 0 Å². The minimum Gasteiger partial charge on any atom is -0.472 e. The summed E-state index contributed by atoms with van der Waals surface area (Å²) in [6.45, 7) is 6.76. The van der Waals surface area contributed by atoms with Gasteiger partial charge in [-0.2, -0.15) is 0 Å². The first-order valence-corrected chi connectivity index (χ1v) is 11.6. The number of benzene rings is 1. The molecule has 1 aromatic carbocycles. The second-order valence-electron chi connectivity index (χ2n) is 9.58. The number of pyridine rings is 1. The topological polar surface area (TPSA) is 86.2 Å². The van der Waals surface area contributed by atoms with Crippen molar-refractivity contribution in [2.24, 2.45) is 5.92 Å². The van der Waals surface area contributed by atoms with Gasteiger partial charge in [0.25, 0.3) is 5.91 Å². The number of ether oxygens (including phenoxy) is 1. The lowest BCUT2D eigenvalue weighted by Gasteiger charge is -2.37. The van der Waals surface area contributed by atoms with Gasteiger partial charge < -0.3 is 24.5 Å². The van der Waals surface area contributed by atoms with Crippen molar-refractivity contribution in [2.45, 2.75) is 32.9 Å². The number of nitrogens with zero attached hydrogens (tertiary/aromatic N) is 4. The second kappa shape index (κ2) is 11.0. The average Bonchev–Trinajstić information content (AvgIpc) is 2.80. The molecule has 0 saturated carbocycles. The summed E-state index contributed by atoms with van der Waals surface area (Å²) in [4.78, 5) is 35.8. The van der Waals surface area contributed by atoms with Gasteiger partial charge in [-0.15, -0.1) is 0 Å². The van der Waals surface area contributed by atoms with Crippen molar-refractivity contribution >= 4 is 11.8 Å². The molecule has 2 aromatic rings. The van der Waals surface area contributed by atoms with Crippen molar-refractivity contribution in [2.75, 3.05) is 47.4 Å². The Morgan fingerprint density at radius 1 is 1.24 bits per heavy atom. The van der Waals surface area contributed by atoms with Gasteiger partial charge in [-0.3, -0.25) is 9.59 Å². The summed E-state index contributed by atoms with van der Waals surface area (Å²) >= 11 is 0. The van der Waals surface area contributed by atoms with E-state index in [9.17, 15) is 14.7 Å². The monoisotopic (exact) mass is 468 g/mol. The van der Waals surface area contributed by atoms with Crippen LogP contribution in [0.1, 0.15) is 29.8 Å². The number of carbonyl (C=O) groups excluding carboxylic acids is 2. The number of carbonyl (C=O) groups is 2. The number of hydrogen-bond donors (Lipinski definition) is 1. The number of hydrogen-bond acceptors (Lipinski definition) is 6. The highest BCUT2D eigenvalue weighted by molar-refractivity contribution is 5.98. The predicted molar refractivity (Wildman–Crippen MR) is 132 cm³/mol. The molecule has 2 heterocycles. The number of aliphatic hydroxyl groups excluding tert-OH is 1. The normalized spacial score (nSPS) is 19.2. The van der Waals surface area contributed by atoms with E-state index in [-0.39, 0.29) is 42.4 Å². The summed E-state index contributed by atoms with van der Waals surface area (Å²) < 4.78 is 6.29. The minimum absolute atomic E-state index is 0.0116. The first-order valence-electron chi connectivity index (χ1n) is 11.6. The smallest absolute Gasteiger partial charge is 0.259 e. The summed E-state index contributed by atoms with van der Waals surface area (Å²) in [6, 6.07) is 9.47. The molecule has 0 fully saturated rings. The summed E-state index contributed by atoms with van der Waals surface area (Å²) in [5, 5.41) is 9.83. The Bertz CT molecular complexity index is 1010. The maximum absolute atomic E-state index is 13.6. The lowest BCUT2D eigenvalue weighted by atomic mass is 9.99. The molecule has 0 spiro atoms. The fraction of sp³-hybridized carbons (Fsp3) is 0.500. The van der Waals surface area contributed by atoms with Crippen LogP contribution in [0.4, 0.5) is 0 Å². The molecular weight excluding hydrogens is 432 g/mol. The first-order chi connectivity index (χ1) is 16.1. The molecule has 0 bridgehead atoms. The first kappa shape index (κ1) is 25.6. The number of aromatic nitrogens is 1. The zero-order valence-corrected chi connectivity index (χ0v) is 21.0. The Kier molecular flexibility index (Phi) is 8.28. The van der Waals surface area contributed by atoms with E-state index in [2.05, 4.69) is 4.98 Å². The number of likely N-dealkylation sites (N-methyl/N-ethyl adjacent to an activating group) is 2. The standard InChI is InChI=1S/C26H36N4O4/c1-17-7-9-20(10-8-17)21-11-22-25(27-12-21)34-23(14-29(6)24(32)15-28(4)5)18(2)13-30(26(22)33)19(3)16-31/h7-12,18-19,23,31H,13-16H2,1-6H3/t18-,19+,23-/m0/s1. The number of amides is 2. The molecule has 8 heteroatoms. The van der Waals surface area contributed by atoms with E-state index in [1.165, 1.54) is 0 Å². The van der Waals surface area contributed by atoms with Gasteiger partial charge in [0.15, 0.2) is 0 Å². The SMILES string of the molecule is Cc1ccc(-c2cnc3c(c2)C(=O)N([C@H](C)CO)C[C@H](C)[C@H](CN(C)C(=O)CN(C)C)O3)cc1. The third-order valence-electron chi connectivity index (χ3n) is 6.24. The van der Waals surface area contributed by atoms with Gasteiger partial charge in [-0.25, -0.2) is 4.98 Å². The highest BCUT2D eigenvalue weighted by atomic mass is 16.5. The van der Waals surface area contributed by atoms with Crippen molar-refractivity contribution in [3.8, 4) is 17.0 Å². The van der Waals surface area contributed by atoms with Crippen LogP contribution in [-0.2, 0) is 4.79 Å². The van der Waals surface area contributed by atoms with E-state index in [0.717, 1.165) is 16.7 Å². The van der Waals surface area contributed by atoms with Gasteiger partial charge in [-0.1, -0.05) is 36.8 Å². The van der Waals surface area contributed by atoms with Crippen LogP contribution in [-0.4, -0.2) is 96.1 Å². The van der Waals surface area contributed by atoms with Crippen LogP contribution < -0.4 is 4.74 Å². The Hall–Kier alpha value is -2.97. The number of rotatable bonds is 7. The molecule has 1 aliphatic rings. The van der Waals surface area contributed by atoms with Crippen LogP contribution in [0.2, 0.25) is 0 Å². The molecule has 3 rings (SSSR count). The van der Waals surface area contributed by atoms with E-state index in [1.807, 2.05) is 64.0 Å². The molecule has 1 aromatic heterocycles. The van der Waals surface area contributed by atoms with E-state index in [0.29, 0.717) is 25.2 Å². The minimum atomic E-state index is -0.367. The molecule has 184 valence electrons. The molecule has 1 N–H and O–H groups in total. The molecule has 1 aliphatic heterocycles. The van der Waals surface area contributed by atoms with Crippen molar-refractivity contribution in [1.82, 2.24) is 19.7 Å². The molecule has 34 heavy (non-hydrogen) atoms. The largest absolute Gasteiger partial charge is 0.472 e. The number of aryl methyl sites for hydroxylation is 1. The fourth-order valence-electron chi connectivity index (χ4n) is 3.99. The predicted octanol–water partition coefficient (Wildman–Crippen LogP) is 2.30. The van der Waals surface area contributed by atoms with Crippen molar-refractivity contribution in [3.63, 3.8) is 0 Å². The summed E-state index contributed by atoms with van der Waals surface area (Å²) in [5.41, 5.74) is 3.28. The highest BCUT2D eigenvalue weighted by Crippen LogP contribution is 2.30. The molecule has 0 saturated heterocycles. The molecule has 0 radical (unpaired) electrons. The van der Waals surface area contributed by atoms with E-state index in [1.54, 1.807) is 29.1 Å². The Labute approximate surface area is 202 Å². The van der Waals surface area contributed by atoms with E-state index in [4.69, 9.17) is 4.74 Å². The van der Waals surface area contributed by atoms with Crippen LogP contribution in [0, 0.1) is 12.8 Å². The molecule has 3 atom stereocenters. The van der Waals surface area contributed by atoms with Crippen LogP contribution in [0.5, 0.6) is 5.88 Å². The maximum Gasteiger partial charge on any atom is 0.259 e. The second-order valence-corrected chi connectivity index (χ2v) is 9.58. The van der Waals surface area contributed by atoms with Crippen molar-refractivity contribution in [3.05, 3.63) is 47.7 Å². The average molecular weight is 469 g/mol. The Morgan fingerprint density at radius 2 is 1.91 bits per heavy atom. The summed E-state index contributed by atoms with van der Waals surface area (Å²) in [6.07, 6.45) is 1.34. The Balaban J connectivity index is 1.98. The van der Waals surface area contributed by atoms with Gasteiger partial charge in [0.1, 0.15) is 11.7 Å². The highest BCUT2D eigenvalue weighted by Gasteiger charge is 2.34. The van der Waals surface area contributed by atoms with Gasteiger partial charge in [0.05, 0.1) is 25.7 Å². The Morgan fingerprint density at radius 3 is 2.53 bits per heavy atom. The zero-order chi connectivity index (χ0) is 25.0. The third-order valence-corrected chi connectivity index (χ3v) is 6.24. The summed E-state index contributed by atoms with van der Waals surface area (Å²) in [5.74, 6) is -0.0666. The number of aliphatic hydroxyl groups is 1. The van der Waals surface area contributed by atoms with Crippen LogP contribution in [0.3, 0.4) is 0 Å². The molecular formula is C26H36N4O4. The lowest BCUT2D eigenvalue weighted by Crippen LogP contribution is -2.51. The van der Waals surface area contributed by atoms with Gasteiger partial charge in [0.2, 0.25) is 11.8 Å². The van der Waals surface area contributed by atoms with Gasteiger partial charge in [-0.05, 0) is 39.6 Å². The fourth-order valence-corrected chi connectivity index (χ4v) is 3.99. The van der Waals surface area contributed by atoms with Crippen LogP contribution in [0.15, 0.2) is 36.5 Å². The third kappa shape index (κ3) is 5.93.